The first-order chi connectivity index (χ1) is 17.6. The number of esters is 1. The Morgan fingerprint density at radius 1 is 0.917 bits per heavy atom. The van der Waals surface area contributed by atoms with Gasteiger partial charge in [0, 0.05) is 75.4 Å². The normalized spacial score (nSPS) is 16.6. The molecule has 3 heterocycles. The van der Waals surface area contributed by atoms with E-state index >= 15 is 0 Å². The molecule has 8 nitrogen and oxygen atoms in total. The number of benzene rings is 2. The van der Waals surface area contributed by atoms with E-state index in [1.807, 2.05) is 42.5 Å². The van der Waals surface area contributed by atoms with Gasteiger partial charge in [-0.2, -0.15) is 0 Å². The number of piperazine rings is 1. The van der Waals surface area contributed by atoms with E-state index in [-0.39, 0.29) is 19.1 Å². The van der Waals surface area contributed by atoms with Gasteiger partial charge in [0.2, 0.25) is 0 Å². The van der Waals surface area contributed by atoms with Crippen molar-refractivity contribution in [2.24, 2.45) is 0 Å². The van der Waals surface area contributed by atoms with E-state index in [1.165, 1.54) is 5.56 Å². The zero-order chi connectivity index (χ0) is 24.9. The minimum Gasteiger partial charge on any atom is -0.452 e. The van der Waals surface area contributed by atoms with Crippen LogP contribution in [0.1, 0.15) is 27.2 Å². The number of fused-ring (bicyclic) bond motifs is 2. The highest BCUT2D eigenvalue weighted by Gasteiger charge is 2.28. The number of β-amino-alcohol motifs (C(OH)–C–C–N with tert-alkyl or cyclic N) is 1. The third kappa shape index (κ3) is 5.41. The van der Waals surface area contributed by atoms with Gasteiger partial charge in [0.25, 0.3) is 5.91 Å². The molecule has 2 aliphatic rings. The van der Waals surface area contributed by atoms with Crippen LogP contribution in [0.5, 0.6) is 0 Å². The van der Waals surface area contributed by atoms with E-state index in [9.17, 15) is 9.59 Å². The number of ether oxygens (including phenoxy) is 1. The summed E-state index contributed by atoms with van der Waals surface area (Å²) in [6, 6.07) is 17.9. The molecule has 1 amide bonds. The van der Waals surface area contributed by atoms with Crippen LogP contribution in [-0.4, -0.2) is 89.1 Å². The second-order valence-corrected chi connectivity index (χ2v) is 9.40. The molecule has 1 saturated heterocycles. The number of nitrogens with zero attached hydrogens (tertiary/aromatic N) is 4. The van der Waals surface area contributed by atoms with E-state index in [1.54, 1.807) is 4.90 Å². The topological polar surface area (TPSA) is 86.2 Å². The number of rotatable bonds is 7. The van der Waals surface area contributed by atoms with Gasteiger partial charge in [-0.25, -0.2) is 4.79 Å². The number of aliphatic hydroxyl groups is 1. The molecule has 8 heteroatoms. The molecular weight excluding hydrogens is 456 g/mol. The lowest BCUT2D eigenvalue weighted by atomic mass is 9.95. The smallest absolute Gasteiger partial charge is 0.339 e. The van der Waals surface area contributed by atoms with Gasteiger partial charge < -0.3 is 14.7 Å². The molecule has 0 atom stereocenters. The fourth-order valence-corrected chi connectivity index (χ4v) is 5.11. The largest absolute Gasteiger partial charge is 0.452 e. The highest BCUT2D eigenvalue weighted by atomic mass is 16.5. The van der Waals surface area contributed by atoms with Crippen molar-refractivity contribution in [3.63, 3.8) is 0 Å². The first-order valence-corrected chi connectivity index (χ1v) is 12.6. The molecule has 2 aliphatic heterocycles. The molecule has 2 aromatic carbocycles. The average molecular weight is 489 g/mol. The first-order valence-electron chi connectivity index (χ1n) is 12.6. The van der Waals surface area contributed by atoms with Crippen molar-refractivity contribution in [2.45, 2.75) is 19.5 Å². The lowest BCUT2D eigenvalue weighted by Gasteiger charge is -2.34. The maximum Gasteiger partial charge on any atom is 0.339 e. The van der Waals surface area contributed by atoms with Gasteiger partial charge in [-0.1, -0.05) is 48.5 Å². The number of aromatic nitrogens is 1. The number of aliphatic hydroxyl groups excluding tert-OH is 1. The van der Waals surface area contributed by atoms with Crippen LogP contribution < -0.4 is 0 Å². The summed E-state index contributed by atoms with van der Waals surface area (Å²) in [7, 11) is 0. The van der Waals surface area contributed by atoms with Crippen LogP contribution >= 0.6 is 0 Å². The summed E-state index contributed by atoms with van der Waals surface area (Å²) in [5.74, 6) is -0.663. The summed E-state index contributed by atoms with van der Waals surface area (Å²) in [5.41, 5.74) is 4.34. The zero-order valence-electron chi connectivity index (χ0n) is 20.4. The molecular formula is C28H32N4O4. The van der Waals surface area contributed by atoms with Crippen molar-refractivity contribution in [1.29, 1.82) is 0 Å². The van der Waals surface area contributed by atoms with Crippen molar-refractivity contribution < 1.29 is 19.4 Å². The second-order valence-electron chi connectivity index (χ2n) is 9.40. The molecule has 0 saturated carbocycles. The van der Waals surface area contributed by atoms with Gasteiger partial charge in [-0.05, 0) is 11.6 Å². The number of hydrogen-bond donors (Lipinski definition) is 1. The predicted octanol–water partition coefficient (Wildman–Crippen LogP) is 2.09. The molecule has 188 valence electrons. The van der Waals surface area contributed by atoms with Crippen molar-refractivity contribution in [3.05, 3.63) is 77.0 Å². The quantitative estimate of drug-likeness (QED) is 0.510. The number of amides is 1. The molecule has 0 bridgehead atoms. The summed E-state index contributed by atoms with van der Waals surface area (Å²) < 4.78 is 5.62. The Labute approximate surface area is 211 Å². The monoisotopic (exact) mass is 488 g/mol. The summed E-state index contributed by atoms with van der Waals surface area (Å²) >= 11 is 0. The Morgan fingerprint density at radius 2 is 1.67 bits per heavy atom. The molecule has 1 N–H and O–H groups in total. The summed E-state index contributed by atoms with van der Waals surface area (Å²) in [4.78, 5) is 37.2. The maximum absolute atomic E-state index is 13.4. The number of carbonyl (C=O) groups excluding carboxylic acids is 2. The van der Waals surface area contributed by atoms with E-state index < -0.39 is 5.97 Å². The van der Waals surface area contributed by atoms with Crippen LogP contribution in [0.3, 0.4) is 0 Å². The highest BCUT2D eigenvalue weighted by molar-refractivity contribution is 6.05. The standard InChI is InChI=1S/C28H32N4O4/c33-17-16-30-12-14-32(15-13-30)26(34)20-36-28(35)27-22-8-4-5-9-24(22)29-25-10-11-31(19-23(25)27)18-21-6-2-1-3-7-21/h1-9,33H,10-20H2. The summed E-state index contributed by atoms with van der Waals surface area (Å²) in [6.45, 7) is 5.25. The SMILES string of the molecule is O=C(OCC(=O)N1CCN(CCO)CC1)c1c2c(nc3ccccc13)CCN(Cc1ccccc1)C2. The van der Waals surface area contributed by atoms with Gasteiger partial charge in [0.15, 0.2) is 6.61 Å². The van der Waals surface area contributed by atoms with Crippen LogP contribution in [0.4, 0.5) is 0 Å². The Balaban J connectivity index is 1.32. The molecule has 1 fully saturated rings. The van der Waals surface area contributed by atoms with Crippen LogP contribution in [0.15, 0.2) is 54.6 Å². The van der Waals surface area contributed by atoms with E-state index in [0.717, 1.165) is 41.7 Å². The Morgan fingerprint density at radius 3 is 2.44 bits per heavy atom. The van der Waals surface area contributed by atoms with Gasteiger partial charge in [-0.3, -0.25) is 19.6 Å². The minimum absolute atomic E-state index is 0.110. The fourth-order valence-electron chi connectivity index (χ4n) is 5.11. The highest BCUT2D eigenvalue weighted by Crippen LogP contribution is 2.29. The van der Waals surface area contributed by atoms with Crippen molar-refractivity contribution in [3.8, 4) is 0 Å². The average Bonchev–Trinajstić information content (AvgIpc) is 2.91. The van der Waals surface area contributed by atoms with Gasteiger partial charge in [-0.15, -0.1) is 0 Å². The number of para-hydroxylation sites is 1. The summed E-state index contributed by atoms with van der Waals surface area (Å²) in [5, 5.41) is 9.87. The van der Waals surface area contributed by atoms with Crippen LogP contribution in [0.25, 0.3) is 10.9 Å². The summed E-state index contributed by atoms with van der Waals surface area (Å²) in [6.07, 6.45) is 0.754. The lowest BCUT2D eigenvalue weighted by molar-refractivity contribution is -0.136. The third-order valence-electron chi connectivity index (χ3n) is 7.05. The number of pyridine rings is 1. The van der Waals surface area contributed by atoms with Crippen molar-refractivity contribution >= 4 is 22.8 Å². The van der Waals surface area contributed by atoms with Crippen LogP contribution in [-0.2, 0) is 29.0 Å². The lowest BCUT2D eigenvalue weighted by Crippen LogP contribution is -2.50. The van der Waals surface area contributed by atoms with Gasteiger partial charge >= 0.3 is 5.97 Å². The number of hydrogen-bond acceptors (Lipinski definition) is 7. The fraction of sp³-hybridized carbons (Fsp3) is 0.393. The van der Waals surface area contributed by atoms with E-state index in [0.29, 0.717) is 44.8 Å². The molecule has 3 aromatic rings. The molecule has 5 rings (SSSR count). The number of carbonyl (C=O) groups is 2. The molecule has 1 aromatic heterocycles. The minimum atomic E-state index is -0.473. The van der Waals surface area contributed by atoms with Gasteiger partial charge in [0.1, 0.15) is 0 Å². The maximum atomic E-state index is 13.4. The van der Waals surface area contributed by atoms with Crippen LogP contribution in [0, 0.1) is 0 Å². The molecule has 0 radical (unpaired) electrons. The van der Waals surface area contributed by atoms with Crippen molar-refractivity contribution in [1.82, 2.24) is 19.7 Å². The molecule has 0 aliphatic carbocycles. The van der Waals surface area contributed by atoms with E-state index in [2.05, 4.69) is 21.9 Å². The van der Waals surface area contributed by atoms with Crippen LogP contribution in [0.2, 0.25) is 0 Å². The Bertz CT molecular complexity index is 1220. The third-order valence-corrected chi connectivity index (χ3v) is 7.05. The molecule has 0 spiro atoms. The van der Waals surface area contributed by atoms with Crippen molar-refractivity contribution in [2.75, 3.05) is 52.5 Å². The predicted molar refractivity (Wildman–Crippen MR) is 136 cm³/mol. The second kappa shape index (κ2) is 11.2. The molecule has 0 unspecified atom stereocenters. The zero-order valence-corrected chi connectivity index (χ0v) is 20.4. The first kappa shape index (κ1) is 24.4. The Hall–Kier alpha value is -3.33. The van der Waals surface area contributed by atoms with E-state index in [4.69, 9.17) is 14.8 Å². The van der Waals surface area contributed by atoms with Gasteiger partial charge in [0.05, 0.1) is 17.7 Å². The Kier molecular flexibility index (Phi) is 7.55. The molecule has 36 heavy (non-hydrogen) atoms.